The number of benzene rings is 1. The fourth-order valence-electron chi connectivity index (χ4n) is 2.69. The third kappa shape index (κ3) is 4.09. The van der Waals surface area contributed by atoms with Crippen LogP contribution in [-0.2, 0) is 4.74 Å². The summed E-state index contributed by atoms with van der Waals surface area (Å²) in [6.45, 7) is 3.98. The molecule has 0 spiro atoms. The molecule has 1 N–H and O–H groups in total. The van der Waals surface area contributed by atoms with Crippen molar-refractivity contribution in [1.29, 1.82) is 0 Å². The second-order valence-corrected chi connectivity index (χ2v) is 7.80. The van der Waals surface area contributed by atoms with Gasteiger partial charge >= 0.3 is 5.97 Å². The van der Waals surface area contributed by atoms with E-state index in [1.807, 2.05) is 37.4 Å². The predicted octanol–water partition coefficient (Wildman–Crippen LogP) is 5.23. The first-order valence-corrected chi connectivity index (χ1v) is 9.77. The van der Waals surface area contributed by atoms with E-state index >= 15 is 0 Å². The number of methoxy groups -OCH3 is 1. The normalized spacial score (nSPS) is 10.5. The fraction of sp³-hybridized carbons (Fsp3) is 0.150. The van der Waals surface area contributed by atoms with Gasteiger partial charge in [-0.2, -0.15) is 0 Å². The molecule has 5 nitrogen and oxygen atoms in total. The first kappa shape index (κ1) is 19.3. The SMILES string of the molecule is COC(=O)c1c(-c2cc(C)ccc2C)csc1NC(=O)c1cncc(Br)c1. The van der Waals surface area contributed by atoms with Crippen LogP contribution in [0.4, 0.5) is 5.00 Å². The summed E-state index contributed by atoms with van der Waals surface area (Å²) in [7, 11) is 1.33. The summed E-state index contributed by atoms with van der Waals surface area (Å²) in [5.41, 5.74) is 4.56. The monoisotopic (exact) mass is 444 g/mol. The highest BCUT2D eigenvalue weighted by atomic mass is 79.9. The molecule has 1 amide bonds. The number of nitrogens with one attached hydrogen (secondary N) is 1. The molecule has 0 aliphatic rings. The van der Waals surface area contributed by atoms with Crippen LogP contribution in [0.3, 0.4) is 0 Å². The minimum absolute atomic E-state index is 0.344. The van der Waals surface area contributed by atoms with E-state index < -0.39 is 5.97 Å². The molecule has 3 aromatic rings. The molecule has 0 fully saturated rings. The highest BCUT2D eigenvalue weighted by molar-refractivity contribution is 9.10. The van der Waals surface area contributed by atoms with Crippen LogP contribution in [0.1, 0.15) is 31.8 Å². The summed E-state index contributed by atoms with van der Waals surface area (Å²) < 4.78 is 5.67. The molecule has 1 aromatic carbocycles. The Morgan fingerprint density at radius 2 is 1.93 bits per heavy atom. The van der Waals surface area contributed by atoms with Gasteiger partial charge < -0.3 is 10.1 Å². The number of hydrogen-bond donors (Lipinski definition) is 1. The fourth-order valence-corrected chi connectivity index (χ4v) is 4.00. The first-order chi connectivity index (χ1) is 12.9. The Kier molecular flexibility index (Phi) is 5.72. The number of anilines is 1. The zero-order valence-corrected chi connectivity index (χ0v) is 17.4. The molecule has 3 rings (SSSR count). The average molecular weight is 445 g/mol. The van der Waals surface area contributed by atoms with Gasteiger partial charge in [-0.3, -0.25) is 9.78 Å². The Morgan fingerprint density at radius 3 is 2.63 bits per heavy atom. The van der Waals surface area contributed by atoms with Gasteiger partial charge in [-0.1, -0.05) is 23.8 Å². The zero-order valence-electron chi connectivity index (χ0n) is 15.0. The number of nitrogens with zero attached hydrogens (tertiary/aromatic N) is 1. The lowest BCUT2D eigenvalue weighted by molar-refractivity contribution is 0.0603. The lowest BCUT2D eigenvalue weighted by atomic mass is 9.97. The minimum atomic E-state index is -0.491. The number of pyridine rings is 1. The van der Waals surface area contributed by atoms with Crippen molar-refractivity contribution in [1.82, 2.24) is 4.98 Å². The third-order valence-electron chi connectivity index (χ3n) is 4.06. The molecule has 2 heterocycles. The zero-order chi connectivity index (χ0) is 19.6. The van der Waals surface area contributed by atoms with Gasteiger partial charge in [0.25, 0.3) is 5.91 Å². The van der Waals surface area contributed by atoms with Crippen molar-refractivity contribution in [3.8, 4) is 11.1 Å². The first-order valence-electron chi connectivity index (χ1n) is 8.10. The van der Waals surface area contributed by atoms with E-state index in [1.54, 1.807) is 12.3 Å². The molecule has 0 radical (unpaired) electrons. The largest absolute Gasteiger partial charge is 0.465 e. The number of thiophene rings is 1. The Balaban J connectivity index is 2.04. The van der Waals surface area contributed by atoms with Gasteiger partial charge in [-0.15, -0.1) is 11.3 Å². The maximum absolute atomic E-state index is 12.6. The minimum Gasteiger partial charge on any atom is -0.465 e. The number of hydrogen-bond acceptors (Lipinski definition) is 5. The number of ether oxygens (including phenoxy) is 1. The smallest absolute Gasteiger partial charge is 0.341 e. The molecule has 2 aromatic heterocycles. The van der Waals surface area contributed by atoms with Crippen LogP contribution in [0.25, 0.3) is 11.1 Å². The van der Waals surface area contributed by atoms with Crippen molar-refractivity contribution >= 4 is 44.1 Å². The molecular weight excluding hydrogens is 428 g/mol. The lowest BCUT2D eigenvalue weighted by Gasteiger charge is -2.10. The number of rotatable bonds is 4. The quantitative estimate of drug-likeness (QED) is 0.559. The van der Waals surface area contributed by atoms with Gasteiger partial charge in [0.2, 0.25) is 0 Å². The molecule has 0 saturated carbocycles. The van der Waals surface area contributed by atoms with Crippen LogP contribution in [0.5, 0.6) is 0 Å². The van der Waals surface area contributed by atoms with E-state index in [1.165, 1.54) is 24.6 Å². The van der Waals surface area contributed by atoms with Crippen LogP contribution in [0.15, 0.2) is 46.5 Å². The van der Waals surface area contributed by atoms with E-state index in [-0.39, 0.29) is 5.91 Å². The van der Waals surface area contributed by atoms with E-state index in [0.29, 0.717) is 20.6 Å². The number of halogens is 1. The van der Waals surface area contributed by atoms with E-state index in [2.05, 4.69) is 26.2 Å². The summed E-state index contributed by atoms with van der Waals surface area (Å²) >= 11 is 4.59. The molecule has 0 atom stereocenters. The molecule has 0 aliphatic carbocycles. The Bertz CT molecular complexity index is 1030. The van der Waals surface area contributed by atoms with Gasteiger partial charge in [0.15, 0.2) is 0 Å². The number of carbonyl (C=O) groups is 2. The molecule has 27 heavy (non-hydrogen) atoms. The molecule has 0 saturated heterocycles. The van der Waals surface area contributed by atoms with Crippen molar-refractivity contribution in [3.63, 3.8) is 0 Å². The molecular formula is C20H17BrN2O3S. The van der Waals surface area contributed by atoms with Crippen molar-refractivity contribution in [3.05, 3.63) is 68.8 Å². The summed E-state index contributed by atoms with van der Waals surface area (Å²) in [6, 6.07) is 7.72. The van der Waals surface area contributed by atoms with Crippen LogP contribution in [0, 0.1) is 13.8 Å². The van der Waals surface area contributed by atoms with E-state index in [9.17, 15) is 9.59 Å². The molecule has 0 bridgehead atoms. The Morgan fingerprint density at radius 1 is 1.15 bits per heavy atom. The van der Waals surface area contributed by atoms with Crippen LogP contribution in [-0.4, -0.2) is 24.0 Å². The summed E-state index contributed by atoms with van der Waals surface area (Å²) in [4.78, 5) is 29.0. The molecule has 0 unspecified atom stereocenters. The highest BCUT2D eigenvalue weighted by Crippen LogP contribution is 2.38. The van der Waals surface area contributed by atoms with Crippen molar-refractivity contribution in [2.75, 3.05) is 12.4 Å². The highest BCUT2D eigenvalue weighted by Gasteiger charge is 2.23. The number of esters is 1. The maximum Gasteiger partial charge on any atom is 0.341 e. The number of aryl methyl sites for hydroxylation is 2. The van der Waals surface area contributed by atoms with Gasteiger partial charge in [-0.25, -0.2) is 4.79 Å². The maximum atomic E-state index is 12.6. The van der Waals surface area contributed by atoms with E-state index in [4.69, 9.17) is 4.74 Å². The van der Waals surface area contributed by atoms with Crippen molar-refractivity contribution in [2.45, 2.75) is 13.8 Å². The number of aromatic nitrogens is 1. The van der Waals surface area contributed by atoms with E-state index in [0.717, 1.165) is 22.3 Å². The predicted molar refractivity (Wildman–Crippen MR) is 110 cm³/mol. The molecule has 138 valence electrons. The number of carbonyl (C=O) groups excluding carboxylic acids is 2. The van der Waals surface area contributed by atoms with Crippen LogP contribution >= 0.6 is 27.3 Å². The molecule has 7 heteroatoms. The lowest BCUT2D eigenvalue weighted by Crippen LogP contribution is -2.14. The van der Waals surface area contributed by atoms with Crippen molar-refractivity contribution in [2.24, 2.45) is 0 Å². The Hall–Kier alpha value is -2.51. The summed E-state index contributed by atoms with van der Waals surface area (Å²) in [5.74, 6) is -0.835. The standard InChI is InChI=1S/C20H17BrN2O3S/c1-11-4-5-12(2)15(6-11)16-10-27-19(17(16)20(25)26-3)23-18(24)13-7-14(21)9-22-8-13/h4-10H,1-3H3,(H,23,24). The summed E-state index contributed by atoms with van der Waals surface area (Å²) in [5, 5.41) is 5.12. The average Bonchev–Trinajstić information content (AvgIpc) is 3.06. The second kappa shape index (κ2) is 8.02. The number of amides is 1. The second-order valence-electron chi connectivity index (χ2n) is 6.01. The topological polar surface area (TPSA) is 68.3 Å². The van der Waals surface area contributed by atoms with Gasteiger partial charge in [0, 0.05) is 27.8 Å². The molecule has 0 aliphatic heterocycles. The third-order valence-corrected chi connectivity index (χ3v) is 5.39. The Labute approximate surface area is 169 Å². The summed E-state index contributed by atoms with van der Waals surface area (Å²) in [6.07, 6.45) is 3.07. The van der Waals surface area contributed by atoms with Gasteiger partial charge in [0.1, 0.15) is 10.6 Å². The van der Waals surface area contributed by atoms with Crippen molar-refractivity contribution < 1.29 is 14.3 Å². The van der Waals surface area contributed by atoms with Crippen LogP contribution in [0.2, 0.25) is 0 Å². The van der Waals surface area contributed by atoms with Crippen LogP contribution < -0.4 is 5.32 Å². The van der Waals surface area contributed by atoms with Gasteiger partial charge in [-0.05, 0) is 47.0 Å². The van der Waals surface area contributed by atoms with Gasteiger partial charge in [0.05, 0.1) is 12.7 Å².